The molecule has 2 amide bonds. The molecule has 0 bridgehead atoms. The third-order valence-electron chi connectivity index (χ3n) is 7.00. The number of nitrogens with one attached hydrogen (secondary N) is 1. The number of benzene rings is 2. The predicted octanol–water partition coefficient (Wildman–Crippen LogP) is 4.58. The second-order valence-corrected chi connectivity index (χ2v) is 10.5. The zero-order valence-electron chi connectivity index (χ0n) is 21.7. The quantitative estimate of drug-likeness (QED) is 0.357. The van der Waals surface area contributed by atoms with E-state index < -0.39 is 12.0 Å². The topological polar surface area (TPSA) is 82.2 Å². The molecular weight excluding hydrogens is 524 g/mol. The summed E-state index contributed by atoms with van der Waals surface area (Å²) in [6.45, 7) is 7.61. The summed E-state index contributed by atoms with van der Waals surface area (Å²) in [6, 6.07) is 12.7. The van der Waals surface area contributed by atoms with E-state index in [-0.39, 0.29) is 24.8 Å². The maximum absolute atomic E-state index is 13.7. The number of carbonyl (C=O) groups is 3. The van der Waals surface area contributed by atoms with Gasteiger partial charge in [-0.1, -0.05) is 18.5 Å². The number of nitrogens with zero attached hydrogens (tertiary/aromatic N) is 3. The van der Waals surface area contributed by atoms with Gasteiger partial charge in [0.05, 0.1) is 24.3 Å². The van der Waals surface area contributed by atoms with Crippen LogP contribution in [0.1, 0.15) is 43.5 Å². The van der Waals surface area contributed by atoms with Crippen molar-refractivity contribution in [3.63, 3.8) is 0 Å². The van der Waals surface area contributed by atoms with Crippen LogP contribution in [-0.2, 0) is 14.3 Å². The lowest BCUT2D eigenvalue weighted by molar-refractivity contribution is -0.124. The van der Waals surface area contributed by atoms with Crippen molar-refractivity contribution in [1.29, 1.82) is 0 Å². The molecule has 0 aliphatic carbocycles. The van der Waals surface area contributed by atoms with Crippen LogP contribution in [0.2, 0.25) is 5.02 Å². The van der Waals surface area contributed by atoms with Crippen LogP contribution in [0.4, 0.5) is 11.4 Å². The van der Waals surface area contributed by atoms with Gasteiger partial charge in [-0.3, -0.25) is 14.5 Å². The van der Waals surface area contributed by atoms with Gasteiger partial charge in [-0.25, -0.2) is 4.79 Å². The lowest BCUT2D eigenvalue weighted by Gasteiger charge is -2.32. The Morgan fingerprint density at radius 2 is 1.71 bits per heavy atom. The van der Waals surface area contributed by atoms with E-state index in [2.05, 4.69) is 17.1 Å². The molecule has 2 aliphatic heterocycles. The molecule has 2 saturated heterocycles. The van der Waals surface area contributed by atoms with E-state index in [9.17, 15) is 14.4 Å². The van der Waals surface area contributed by atoms with Gasteiger partial charge in [0.1, 0.15) is 6.04 Å². The maximum Gasteiger partial charge on any atom is 0.338 e. The molecule has 0 radical (unpaired) electrons. The van der Waals surface area contributed by atoms with Crippen LogP contribution in [0, 0.1) is 5.92 Å². The number of ether oxygens (including phenoxy) is 1. The van der Waals surface area contributed by atoms with Crippen molar-refractivity contribution in [2.24, 2.45) is 5.92 Å². The smallest absolute Gasteiger partial charge is 0.338 e. The van der Waals surface area contributed by atoms with Crippen LogP contribution in [0.15, 0.2) is 48.5 Å². The number of hydrogen-bond acceptors (Lipinski definition) is 6. The molecule has 0 aromatic heterocycles. The van der Waals surface area contributed by atoms with E-state index in [1.165, 1.54) is 4.90 Å². The van der Waals surface area contributed by atoms with E-state index >= 15 is 0 Å². The summed E-state index contributed by atoms with van der Waals surface area (Å²) in [5, 5.41) is 3.78. The minimum absolute atomic E-state index is 0.0456. The van der Waals surface area contributed by atoms with E-state index in [1.54, 1.807) is 55.5 Å². The minimum Gasteiger partial charge on any atom is -0.462 e. The van der Waals surface area contributed by atoms with Crippen molar-refractivity contribution in [3.8, 4) is 0 Å². The molecule has 0 saturated carbocycles. The van der Waals surface area contributed by atoms with E-state index in [4.69, 9.17) is 28.6 Å². The minimum atomic E-state index is -0.733. The fourth-order valence-corrected chi connectivity index (χ4v) is 5.28. The van der Waals surface area contributed by atoms with E-state index in [0.29, 0.717) is 33.6 Å². The Balaban J connectivity index is 1.51. The number of likely N-dealkylation sites (tertiary alicyclic amines) is 1. The fourth-order valence-electron chi connectivity index (χ4n) is 4.74. The highest BCUT2D eigenvalue weighted by Crippen LogP contribution is 2.28. The van der Waals surface area contributed by atoms with Crippen molar-refractivity contribution < 1.29 is 19.1 Å². The average molecular weight is 557 g/mol. The van der Waals surface area contributed by atoms with Crippen molar-refractivity contribution in [2.45, 2.75) is 39.2 Å². The number of thiocarbonyl (C=S) groups is 1. The summed E-state index contributed by atoms with van der Waals surface area (Å²) in [5.41, 5.74) is 1.54. The van der Waals surface area contributed by atoms with Gasteiger partial charge in [0.15, 0.2) is 5.11 Å². The lowest BCUT2D eigenvalue weighted by Crippen LogP contribution is -2.44. The number of halogens is 1. The van der Waals surface area contributed by atoms with Crippen LogP contribution in [0.3, 0.4) is 0 Å². The van der Waals surface area contributed by atoms with E-state index in [0.717, 1.165) is 38.4 Å². The van der Waals surface area contributed by atoms with Crippen LogP contribution in [0.25, 0.3) is 0 Å². The molecule has 4 rings (SSSR count). The number of carbonyl (C=O) groups excluding carboxylic acids is 3. The Labute approximate surface area is 233 Å². The Morgan fingerprint density at radius 1 is 1.05 bits per heavy atom. The number of rotatable bonds is 9. The van der Waals surface area contributed by atoms with Crippen LogP contribution < -0.4 is 10.2 Å². The molecule has 0 unspecified atom stereocenters. The summed E-state index contributed by atoms with van der Waals surface area (Å²) < 4.78 is 5.05. The van der Waals surface area contributed by atoms with Gasteiger partial charge in [0.25, 0.3) is 5.91 Å². The van der Waals surface area contributed by atoms with Gasteiger partial charge in [-0.15, -0.1) is 0 Å². The lowest BCUT2D eigenvalue weighted by atomic mass is 9.99. The third kappa shape index (κ3) is 6.70. The van der Waals surface area contributed by atoms with Crippen LogP contribution in [0.5, 0.6) is 0 Å². The first-order valence-electron chi connectivity index (χ1n) is 13.0. The Hall–Kier alpha value is -3.01. The van der Waals surface area contributed by atoms with Gasteiger partial charge in [0, 0.05) is 23.8 Å². The second kappa shape index (κ2) is 12.7. The first kappa shape index (κ1) is 28.0. The summed E-state index contributed by atoms with van der Waals surface area (Å²) >= 11 is 11.7. The molecule has 202 valence electrons. The number of hydrogen-bond donors (Lipinski definition) is 1. The summed E-state index contributed by atoms with van der Waals surface area (Å²) in [6.07, 6.45) is 2.25. The molecule has 2 fully saturated rings. The molecule has 38 heavy (non-hydrogen) atoms. The summed E-state index contributed by atoms with van der Waals surface area (Å²) in [5.74, 6) is -0.260. The summed E-state index contributed by atoms with van der Waals surface area (Å²) in [7, 11) is 0. The van der Waals surface area contributed by atoms with Crippen molar-refractivity contribution in [2.75, 3.05) is 43.0 Å². The molecule has 10 heteroatoms. The normalized spacial score (nSPS) is 18.7. The Bertz CT molecular complexity index is 1170. The molecule has 0 spiro atoms. The van der Waals surface area contributed by atoms with Crippen molar-refractivity contribution in [3.05, 3.63) is 59.1 Å². The number of anilines is 2. The SMILES string of the molecule is CCOC(=O)c1ccc(N2C(=O)[C@@H](CC(=O)Nc3ccc(Cl)cc3)N(CCN3CCC(C)CC3)C2=S)cc1. The standard InChI is InChI=1S/C28H33ClN4O4S/c1-3-37-27(36)20-4-10-23(11-5-20)33-26(35)24(18-25(34)30-22-8-6-21(29)7-9-22)32(28(33)38)17-16-31-14-12-19(2)13-15-31/h4-11,19,24H,3,12-18H2,1-2H3,(H,30,34)/t24-/m1/s1. The van der Waals surface area contributed by atoms with Gasteiger partial charge in [-0.05, 0) is 99.5 Å². The molecule has 8 nitrogen and oxygen atoms in total. The monoisotopic (exact) mass is 556 g/mol. The van der Waals surface area contributed by atoms with Crippen LogP contribution in [-0.4, -0.2) is 71.5 Å². The van der Waals surface area contributed by atoms with Crippen molar-refractivity contribution >= 4 is 58.1 Å². The largest absolute Gasteiger partial charge is 0.462 e. The fraction of sp³-hybridized carbons (Fsp3) is 0.429. The van der Waals surface area contributed by atoms with Crippen LogP contribution >= 0.6 is 23.8 Å². The highest BCUT2D eigenvalue weighted by molar-refractivity contribution is 7.80. The molecule has 2 aliphatic rings. The second-order valence-electron chi connectivity index (χ2n) is 9.72. The number of amides is 2. The molecule has 2 aromatic carbocycles. The maximum atomic E-state index is 13.7. The van der Waals surface area contributed by atoms with E-state index in [1.807, 2.05) is 4.90 Å². The highest BCUT2D eigenvalue weighted by atomic mass is 35.5. The zero-order valence-corrected chi connectivity index (χ0v) is 23.3. The Morgan fingerprint density at radius 3 is 2.34 bits per heavy atom. The van der Waals surface area contributed by atoms with Gasteiger partial charge >= 0.3 is 5.97 Å². The molecule has 1 atom stereocenters. The number of piperidine rings is 1. The third-order valence-corrected chi connectivity index (χ3v) is 7.66. The summed E-state index contributed by atoms with van der Waals surface area (Å²) in [4.78, 5) is 44.4. The highest BCUT2D eigenvalue weighted by Gasteiger charge is 2.44. The Kier molecular flexibility index (Phi) is 9.35. The van der Waals surface area contributed by atoms with Gasteiger partial charge < -0.3 is 19.9 Å². The van der Waals surface area contributed by atoms with Gasteiger partial charge in [0.2, 0.25) is 5.91 Å². The first-order valence-corrected chi connectivity index (χ1v) is 13.7. The molecule has 2 heterocycles. The molecular formula is C28H33ClN4O4S. The molecule has 1 N–H and O–H groups in total. The predicted molar refractivity (Wildman–Crippen MR) is 153 cm³/mol. The zero-order chi connectivity index (χ0) is 27.2. The first-order chi connectivity index (χ1) is 18.3. The van der Waals surface area contributed by atoms with Gasteiger partial charge in [-0.2, -0.15) is 0 Å². The average Bonchev–Trinajstić information content (AvgIpc) is 3.13. The molecule has 2 aromatic rings. The van der Waals surface area contributed by atoms with Crippen molar-refractivity contribution in [1.82, 2.24) is 9.80 Å². The number of esters is 1.